The van der Waals surface area contributed by atoms with Crippen LogP contribution in [0.3, 0.4) is 0 Å². The van der Waals surface area contributed by atoms with Crippen LogP contribution in [0.4, 0.5) is 11.4 Å². The van der Waals surface area contributed by atoms with E-state index in [9.17, 15) is 4.79 Å². The molecule has 0 bridgehead atoms. The number of carbonyl (C=O) groups excluding carboxylic acids is 1. The molecule has 5 N–H and O–H groups in total. The van der Waals surface area contributed by atoms with Crippen molar-refractivity contribution in [2.24, 2.45) is 0 Å². The number of methoxy groups -OCH3 is 1. The Hall–Kier alpha value is -2.69. The second-order valence-electron chi connectivity index (χ2n) is 4.70. The van der Waals surface area contributed by atoms with Crippen LogP contribution >= 0.6 is 0 Å². The second-order valence-corrected chi connectivity index (χ2v) is 4.70. The number of anilines is 2. The normalized spacial score (nSPS) is 10.1. The number of nitrogen functional groups attached to an aromatic ring is 2. The Morgan fingerprint density at radius 1 is 1.19 bits per heavy atom. The van der Waals surface area contributed by atoms with Crippen molar-refractivity contribution in [1.29, 1.82) is 0 Å². The molecule has 5 nitrogen and oxygen atoms in total. The van der Waals surface area contributed by atoms with Crippen LogP contribution in [-0.4, -0.2) is 19.6 Å². The van der Waals surface area contributed by atoms with Crippen LogP contribution in [0.5, 0.6) is 5.75 Å². The molecule has 0 radical (unpaired) electrons. The monoisotopic (exact) mass is 285 g/mol. The molecule has 0 aliphatic carbocycles. The van der Waals surface area contributed by atoms with Crippen LogP contribution in [0, 0.1) is 0 Å². The minimum atomic E-state index is -0.199. The number of benzene rings is 2. The van der Waals surface area contributed by atoms with Gasteiger partial charge in [0.15, 0.2) is 0 Å². The van der Waals surface area contributed by atoms with Gasteiger partial charge in [-0.25, -0.2) is 0 Å². The standard InChI is InChI=1S/C16H19N3O2/c1-21-13-4-2-3-11(9-13)7-8-19-16(20)14-6-5-12(17)10-15(14)18/h2-6,9-10H,7-8,17-18H2,1H3,(H,19,20). The lowest BCUT2D eigenvalue weighted by molar-refractivity contribution is 0.0955. The molecule has 0 saturated heterocycles. The van der Waals surface area contributed by atoms with Gasteiger partial charge in [-0.15, -0.1) is 0 Å². The van der Waals surface area contributed by atoms with Crippen molar-refractivity contribution in [1.82, 2.24) is 5.32 Å². The summed E-state index contributed by atoms with van der Waals surface area (Å²) >= 11 is 0. The Bertz CT molecular complexity index is 641. The van der Waals surface area contributed by atoms with Crippen LogP contribution in [-0.2, 0) is 6.42 Å². The van der Waals surface area contributed by atoms with Crippen molar-refractivity contribution < 1.29 is 9.53 Å². The first-order chi connectivity index (χ1) is 10.1. The van der Waals surface area contributed by atoms with E-state index in [1.165, 1.54) is 0 Å². The Morgan fingerprint density at radius 2 is 2.00 bits per heavy atom. The number of rotatable bonds is 5. The summed E-state index contributed by atoms with van der Waals surface area (Å²) in [5.74, 6) is 0.608. The highest BCUT2D eigenvalue weighted by molar-refractivity contribution is 5.99. The molecule has 0 aliphatic heterocycles. The molecule has 0 atom stereocenters. The smallest absolute Gasteiger partial charge is 0.253 e. The van der Waals surface area contributed by atoms with Gasteiger partial charge in [-0.3, -0.25) is 4.79 Å². The van der Waals surface area contributed by atoms with E-state index in [1.807, 2.05) is 24.3 Å². The first-order valence-corrected chi connectivity index (χ1v) is 6.66. The summed E-state index contributed by atoms with van der Waals surface area (Å²) in [5, 5.41) is 2.84. The average molecular weight is 285 g/mol. The molecule has 1 amide bonds. The van der Waals surface area contributed by atoms with Crippen molar-refractivity contribution in [3.63, 3.8) is 0 Å². The lowest BCUT2D eigenvalue weighted by Gasteiger charge is -2.09. The van der Waals surface area contributed by atoms with Crippen molar-refractivity contribution >= 4 is 17.3 Å². The van der Waals surface area contributed by atoms with Gasteiger partial charge in [-0.2, -0.15) is 0 Å². The summed E-state index contributed by atoms with van der Waals surface area (Å²) in [5.41, 5.74) is 13.9. The van der Waals surface area contributed by atoms with Crippen LogP contribution in [0.2, 0.25) is 0 Å². The van der Waals surface area contributed by atoms with Gasteiger partial charge in [0.2, 0.25) is 0 Å². The van der Waals surface area contributed by atoms with E-state index in [2.05, 4.69) is 5.32 Å². The number of hydrogen-bond donors (Lipinski definition) is 3. The Labute approximate surface area is 123 Å². The molecular weight excluding hydrogens is 266 g/mol. The zero-order chi connectivity index (χ0) is 15.2. The molecule has 2 aromatic rings. The maximum atomic E-state index is 12.0. The van der Waals surface area contributed by atoms with Gasteiger partial charge in [-0.05, 0) is 42.3 Å². The minimum Gasteiger partial charge on any atom is -0.497 e. The molecule has 5 heteroatoms. The van der Waals surface area contributed by atoms with Gasteiger partial charge >= 0.3 is 0 Å². The molecule has 0 saturated carbocycles. The highest BCUT2D eigenvalue weighted by Gasteiger charge is 2.09. The number of amides is 1. The highest BCUT2D eigenvalue weighted by atomic mass is 16.5. The second kappa shape index (κ2) is 6.65. The number of nitrogens with one attached hydrogen (secondary N) is 1. The molecule has 0 fully saturated rings. The summed E-state index contributed by atoms with van der Waals surface area (Å²) in [6, 6.07) is 12.6. The van der Waals surface area contributed by atoms with Gasteiger partial charge in [-0.1, -0.05) is 12.1 Å². The fourth-order valence-electron chi connectivity index (χ4n) is 2.03. The van der Waals surface area contributed by atoms with E-state index in [0.29, 0.717) is 23.5 Å². The zero-order valence-electron chi connectivity index (χ0n) is 11.9. The highest BCUT2D eigenvalue weighted by Crippen LogP contribution is 2.16. The van der Waals surface area contributed by atoms with Crippen LogP contribution in [0.15, 0.2) is 42.5 Å². The lowest BCUT2D eigenvalue weighted by Crippen LogP contribution is -2.26. The van der Waals surface area contributed by atoms with Gasteiger partial charge in [0.1, 0.15) is 5.75 Å². The Morgan fingerprint density at radius 3 is 2.71 bits per heavy atom. The third-order valence-electron chi connectivity index (χ3n) is 3.15. The zero-order valence-corrected chi connectivity index (χ0v) is 11.9. The quantitative estimate of drug-likeness (QED) is 0.731. The Kier molecular flexibility index (Phi) is 4.66. The van der Waals surface area contributed by atoms with Gasteiger partial charge in [0, 0.05) is 17.9 Å². The predicted octanol–water partition coefficient (Wildman–Crippen LogP) is 1.83. The van der Waals surface area contributed by atoms with E-state index < -0.39 is 0 Å². The van der Waals surface area contributed by atoms with Crippen molar-refractivity contribution in [3.8, 4) is 5.75 Å². The van der Waals surface area contributed by atoms with Crippen LogP contribution in [0.25, 0.3) is 0 Å². The molecule has 0 unspecified atom stereocenters. The van der Waals surface area contributed by atoms with E-state index in [-0.39, 0.29) is 5.91 Å². The number of carbonyl (C=O) groups is 1. The van der Waals surface area contributed by atoms with E-state index in [4.69, 9.17) is 16.2 Å². The Balaban J connectivity index is 1.92. The van der Waals surface area contributed by atoms with Gasteiger partial charge in [0.25, 0.3) is 5.91 Å². The summed E-state index contributed by atoms with van der Waals surface area (Å²) in [6.45, 7) is 0.524. The first kappa shape index (κ1) is 14.7. The topological polar surface area (TPSA) is 90.4 Å². The fourth-order valence-corrected chi connectivity index (χ4v) is 2.03. The van der Waals surface area contributed by atoms with E-state index >= 15 is 0 Å². The van der Waals surface area contributed by atoms with Crippen LogP contribution < -0.4 is 21.5 Å². The number of nitrogens with two attached hydrogens (primary N) is 2. The van der Waals surface area contributed by atoms with Gasteiger partial charge < -0.3 is 21.5 Å². The van der Waals surface area contributed by atoms with Crippen LogP contribution in [0.1, 0.15) is 15.9 Å². The molecular formula is C16H19N3O2. The first-order valence-electron chi connectivity index (χ1n) is 6.66. The lowest BCUT2D eigenvalue weighted by atomic mass is 10.1. The van der Waals surface area contributed by atoms with Crippen molar-refractivity contribution in [2.75, 3.05) is 25.1 Å². The van der Waals surface area contributed by atoms with Crippen molar-refractivity contribution in [2.45, 2.75) is 6.42 Å². The largest absolute Gasteiger partial charge is 0.497 e. The summed E-state index contributed by atoms with van der Waals surface area (Å²) < 4.78 is 5.16. The van der Waals surface area contributed by atoms with E-state index in [1.54, 1.807) is 25.3 Å². The third kappa shape index (κ3) is 3.89. The number of hydrogen-bond acceptors (Lipinski definition) is 4. The fraction of sp³-hybridized carbons (Fsp3) is 0.188. The molecule has 21 heavy (non-hydrogen) atoms. The minimum absolute atomic E-state index is 0.199. The SMILES string of the molecule is COc1cccc(CCNC(=O)c2ccc(N)cc2N)c1. The average Bonchev–Trinajstić information content (AvgIpc) is 2.47. The molecule has 2 aromatic carbocycles. The summed E-state index contributed by atoms with van der Waals surface area (Å²) in [4.78, 5) is 12.0. The maximum absolute atomic E-state index is 12.0. The van der Waals surface area contributed by atoms with E-state index in [0.717, 1.165) is 17.7 Å². The predicted molar refractivity (Wildman–Crippen MR) is 84.3 cm³/mol. The summed E-state index contributed by atoms with van der Waals surface area (Å²) in [7, 11) is 1.63. The number of ether oxygens (including phenoxy) is 1. The maximum Gasteiger partial charge on any atom is 0.253 e. The molecule has 2 rings (SSSR count). The van der Waals surface area contributed by atoms with Gasteiger partial charge in [0.05, 0.1) is 12.7 Å². The molecule has 110 valence electrons. The molecule has 0 heterocycles. The summed E-state index contributed by atoms with van der Waals surface area (Å²) in [6.07, 6.45) is 0.720. The third-order valence-corrected chi connectivity index (χ3v) is 3.15. The molecule has 0 aliphatic rings. The van der Waals surface area contributed by atoms with Crippen molar-refractivity contribution in [3.05, 3.63) is 53.6 Å². The molecule has 0 aromatic heterocycles. The molecule has 0 spiro atoms.